The summed E-state index contributed by atoms with van der Waals surface area (Å²) < 4.78 is 7.05. The molecule has 0 unspecified atom stereocenters. The van der Waals surface area contributed by atoms with E-state index < -0.39 is 0 Å². The molecule has 0 spiro atoms. The maximum absolute atomic E-state index is 13.0. The molecular formula is C21H18N4O2S. The number of nitrogens with zero attached hydrogens (tertiary/aromatic N) is 4. The van der Waals surface area contributed by atoms with E-state index in [4.69, 9.17) is 4.74 Å². The molecule has 6 nitrogen and oxygen atoms in total. The van der Waals surface area contributed by atoms with Gasteiger partial charge in [0, 0.05) is 11.3 Å². The number of anilines is 1. The number of thioether (sulfide) groups is 1. The van der Waals surface area contributed by atoms with Crippen LogP contribution in [0.4, 0.5) is 5.69 Å². The van der Waals surface area contributed by atoms with Crippen molar-refractivity contribution in [2.75, 3.05) is 17.4 Å². The Hall–Kier alpha value is -3.24. The second-order valence-corrected chi connectivity index (χ2v) is 7.12. The molecule has 0 N–H and O–H groups in total. The van der Waals surface area contributed by atoms with Crippen LogP contribution in [0.2, 0.25) is 0 Å². The monoisotopic (exact) mass is 390 g/mol. The number of aromatic nitrogens is 2. The summed E-state index contributed by atoms with van der Waals surface area (Å²) in [7, 11) is 0. The second kappa shape index (κ2) is 7.79. The van der Waals surface area contributed by atoms with E-state index >= 15 is 0 Å². The van der Waals surface area contributed by atoms with E-state index in [0.29, 0.717) is 30.0 Å². The third-order valence-corrected chi connectivity index (χ3v) is 5.48. The Bertz CT molecular complexity index is 1090. The molecule has 4 rings (SSSR count). The van der Waals surface area contributed by atoms with E-state index in [2.05, 4.69) is 9.88 Å². The lowest BCUT2D eigenvalue weighted by atomic mass is 10.1. The van der Waals surface area contributed by atoms with Gasteiger partial charge >= 0.3 is 0 Å². The van der Waals surface area contributed by atoms with Crippen molar-refractivity contribution in [1.29, 1.82) is 5.26 Å². The van der Waals surface area contributed by atoms with Gasteiger partial charge in [0.25, 0.3) is 5.56 Å². The Balaban J connectivity index is 1.69. The first kappa shape index (κ1) is 18.1. The van der Waals surface area contributed by atoms with Gasteiger partial charge in [-0.25, -0.2) is 4.98 Å². The fourth-order valence-electron chi connectivity index (χ4n) is 3.10. The van der Waals surface area contributed by atoms with Gasteiger partial charge in [-0.15, -0.1) is 0 Å². The SMILES string of the molecule is CCOc1ccc(N2CSc3nc(-c4ccccc4)c(C#N)c(=O)n3C2)cc1. The van der Waals surface area contributed by atoms with Crippen LogP contribution in [0, 0.1) is 11.3 Å². The summed E-state index contributed by atoms with van der Waals surface area (Å²) in [6.07, 6.45) is 0. The summed E-state index contributed by atoms with van der Waals surface area (Å²) in [4.78, 5) is 19.7. The van der Waals surface area contributed by atoms with Crippen molar-refractivity contribution in [3.63, 3.8) is 0 Å². The molecule has 140 valence electrons. The van der Waals surface area contributed by atoms with Gasteiger partial charge < -0.3 is 9.64 Å². The second-order valence-electron chi connectivity index (χ2n) is 6.21. The number of ether oxygens (including phenoxy) is 1. The van der Waals surface area contributed by atoms with Gasteiger partial charge in [0.05, 0.1) is 18.2 Å². The summed E-state index contributed by atoms with van der Waals surface area (Å²) in [6.45, 7) is 2.92. The first-order valence-electron chi connectivity index (χ1n) is 8.92. The van der Waals surface area contributed by atoms with Gasteiger partial charge in [-0.2, -0.15) is 5.26 Å². The molecule has 0 aliphatic carbocycles. The van der Waals surface area contributed by atoms with Gasteiger partial charge in [0.2, 0.25) is 0 Å². The minimum atomic E-state index is -0.311. The van der Waals surface area contributed by atoms with Crippen molar-refractivity contribution in [2.45, 2.75) is 18.7 Å². The van der Waals surface area contributed by atoms with E-state index in [1.54, 1.807) is 4.57 Å². The predicted octanol–water partition coefficient (Wildman–Crippen LogP) is 3.71. The highest BCUT2D eigenvalue weighted by molar-refractivity contribution is 7.99. The highest BCUT2D eigenvalue weighted by Gasteiger charge is 2.24. The Morgan fingerprint density at radius 2 is 1.93 bits per heavy atom. The first-order valence-corrected chi connectivity index (χ1v) is 9.90. The van der Waals surface area contributed by atoms with Crippen molar-refractivity contribution in [3.05, 3.63) is 70.5 Å². The zero-order valence-corrected chi connectivity index (χ0v) is 16.1. The van der Waals surface area contributed by atoms with E-state index in [0.717, 1.165) is 17.0 Å². The summed E-state index contributed by atoms with van der Waals surface area (Å²) in [6, 6.07) is 19.2. The smallest absolute Gasteiger partial charge is 0.274 e. The van der Waals surface area contributed by atoms with Crippen molar-refractivity contribution in [1.82, 2.24) is 9.55 Å². The molecule has 2 heterocycles. The minimum absolute atomic E-state index is 0.0732. The lowest BCUT2D eigenvalue weighted by molar-refractivity contribution is 0.340. The van der Waals surface area contributed by atoms with Crippen LogP contribution in [0.3, 0.4) is 0 Å². The molecule has 3 aromatic rings. The Morgan fingerprint density at radius 1 is 1.18 bits per heavy atom. The van der Waals surface area contributed by atoms with Crippen molar-refractivity contribution >= 4 is 17.4 Å². The third kappa shape index (κ3) is 3.35. The first-order chi connectivity index (χ1) is 13.7. The minimum Gasteiger partial charge on any atom is -0.494 e. The molecule has 0 atom stereocenters. The zero-order chi connectivity index (χ0) is 19.5. The van der Waals surface area contributed by atoms with Gasteiger partial charge in [-0.3, -0.25) is 9.36 Å². The molecule has 0 bridgehead atoms. The molecule has 7 heteroatoms. The standard InChI is InChI=1S/C21H18N4O2S/c1-2-27-17-10-8-16(9-11-17)24-13-25-20(26)18(12-22)19(23-21(25)28-14-24)15-6-4-3-5-7-15/h3-11H,2,13-14H2,1H3. The fourth-order valence-corrected chi connectivity index (χ4v) is 4.05. The number of hydrogen-bond donors (Lipinski definition) is 0. The van der Waals surface area contributed by atoms with Crippen molar-refractivity contribution in [2.24, 2.45) is 0 Å². The van der Waals surface area contributed by atoms with E-state index in [1.165, 1.54) is 11.8 Å². The van der Waals surface area contributed by atoms with Crippen molar-refractivity contribution in [3.8, 4) is 23.1 Å². The fraction of sp³-hybridized carbons (Fsp3) is 0.190. The molecular weight excluding hydrogens is 372 g/mol. The highest BCUT2D eigenvalue weighted by atomic mass is 32.2. The lowest BCUT2D eigenvalue weighted by Crippen LogP contribution is -2.38. The highest BCUT2D eigenvalue weighted by Crippen LogP contribution is 2.30. The Morgan fingerprint density at radius 3 is 2.61 bits per heavy atom. The predicted molar refractivity (Wildman–Crippen MR) is 109 cm³/mol. The molecule has 1 aromatic heterocycles. The molecule has 2 aromatic carbocycles. The average molecular weight is 390 g/mol. The zero-order valence-electron chi connectivity index (χ0n) is 15.3. The van der Waals surface area contributed by atoms with Crippen LogP contribution in [0.1, 0.15) is 12.5 Å². The Labute approximate surface area is 167 Å². The summed E-state index contributed by atoms with van der Waals surface area (Å²) in [5, 5.41) is 10.2. The Kier molecular flexibility index (Phi) is 5.04. The quantitative estimate of drug-likeness (QED) is 0.633. The number of rotatable bonds is 4. The molecule has 0 saturated carbocycles. The molecule has 1 aliphatic rings. The number of benzene rings is 2. The van der Waals surface area contributed by atoms with Gasteiger partial charge in [0.1, 0.15) is 24.1 Å². The van der Waals surface area contributed by atoms with Gasteiger partial charge in [-0.05, 0) is 31.2 Å². The van der Waals surface area contributed by atoms with E-state index in [9.17, 15) is 10.1 Å². The van der Waals surface area contributed by atoms with Gasteiger partial charge in [0.15, 0.2) is 5.16 Å². The van der Waals surface area contributed by atoms with E-state index in [1.807, 2.05) is 67.6 Å². The third-order valence-electron chi connectivity index (χ3n) is 4.47. The lowest BCUT2D eigenvalue weighted by Gasteiger charge is -2.31. The molecule has 0 amide bonds. The molecule has 0 radical (unpaired) electrons. The van der Waals surface area contributed by atoms with Crippen LogP contribution >= 0.6 is 11.8 Å². The number of nitriles is 1. The summed E-state index contributed by atoms with van der Waals surface area (Å²) >= 11 is 1.49. The van der Waals surface area contributed by atoms with Gasteiger partial charge in [-0.1, -0.05) is 42.1 Å². The molecule has 0 fully saturated rings. The summed E-state index contributed by atoms with van der Waals surface area (Å²) in [5.74, 6) is 1.48. The topological polar surface area (TPSA) is 71.2 Å². The number of fused-ring (bicyclic) bond motifs is 1. The average Bonchev–Trinajstić information content (AvgIpc) is 2.75. The normalized spacial score (nSPS) is 12.9. The maximum atomic E-state index is 13.0. The number of hydrogen-bond acceptors (Lipinski definition) is 6. The van der Waals surface area contributed by atoms with E-state index in [-0.39, 0.29) is 11.1 Å². The van der Waals surface area contributed by atoms with Crippen molar-refractivity contribution < 1.29 is 4.74 Å². The molecule has 28 heavy (non-hydrogen) atoms. The van der Waals surface area contributed by atoms with Crippen LogP contribution in [-0.2, 0) is 6.67 Å². The van der Waals surface area contributed by atoms with Crippen LogP contribution in [0.15, 0.2) is 64.5 Å². The van der Waals surface area contributed by atoms with Crippen LogP contribution in [0.25, 0.3) is 11.3 Å². The van der Waals surface area contributed by atoms with Crippen LogP contribution in [-0.4, -0.2) is 22.0 Å². The largest absolute Gasteiger partial charge is 0.494 e. The maximum Gasteiger partial charge on any atom is 0.274 e. The van der Waals surface area contributed by atoms with Crippen LogP contribution in [0.5, 0.6) is 5.75 Å². The molecule has 1 aliphatic heterocycles. The van der Waals surface area contributed by atoms with Crippen LogP contribution < -0.4 is 15.2 Å². The molecule has 0 saturated heterocycles. The summed E-state index contributed by atoms with van der Waals surface area (Å²) in [5.41, 5.74) is 1.97.